The minimum Gasteiger partial charge on any atom is -0.455 e. The highest BCUT2D eigenvalue weighted by atomic mass is 79.9. The summed E-state index contributed by atoms with van der Waals surface area (Å²) in [5.74, 6) is 1.84. The van der Waals surface area contributed by atoms with Crippen molar-refractivity contribution in [1.29, 1.82) is 0 Å². The molecule has 32 heavy (non-hydrogen) atoms. The van der Waals surface area contributed by atoms with Gasteiger partial charge in [0.1, 0.15) is 11.2 Å². The van der Waals surface area contributed by atoms with Crippen LogP contribution in [0.25, 0.3) is 56.1 Å². The molecule has 0 bridgehead atoms. The predicted octanol–water partition coefficient (Wildman–Crippen LogP) is 7.53. The van der Waals surface area contributed by atoms with E-state index >= 15 is 0 Å². The van der Waals surface area contributed by atoms with E-state index in [1.807, 2.05) is 91.0 Å². The lowest BCUT2D eigenvalue weighted by Gasteiger charge is -2.08. The molecule has 0 aliphatic rings. The number of fused-ring (bicyclic) bond motifs is 3. The highest BCUT2D eigenvalue weighted by Gasteiger charge is 2.18. The minimum atomic E-state index is 0.582. The fourth-order valence-corrected chi connectivity index (χ4v) is 4.47. The number of benzene rings is 4. The summed E-state index contributed by atoms with van der Waals surface area (Å²) in [4.78, 5) is 14.5. The Kier molecular flexibility index (Phi) is 4.55. The molecule has 2 aromatic heterocycles. The molecule has 0 radical (unpaired) electrons. The van der Waals surface area contributed by atoms with Crippen LogP contribution in [0, 0.1) is 0 Å². The van der Waals surface area contributed by atoms with Crippen LogP contribution in [0.15, 0.2) is 106 Å². The maximum absolute atomic E-state index is 6.28. The van der Waals surface area contributed by atoms with Crippen LogP contribution in [-0.2, 0) is 0 Å². The third-order valence-electron chi connectivity index (χ3n) is 5.41. The van der Waals surface area contributed by atoms with E-state index in [9.17, 15) is 0 Å². The molecule has 0 fully saturated rings. The zero-order valence-electron chi connectivity index (χ0n) is 16.9. The SMILES string of the molecule is Brc1cccc2oc3c(-c4nc(-c5ccccc5)nc(-c5ccccc5)n4)cccc3c12. The van der Waals surface area contributed by atoms with E-state index in [0.29, 0.717) is 17.5 Å². The summed E-state index contributed by atoms with van der Waals surface area (Å²) in [6, 6.07) is 32.0. The molecular formula is C27H16BrN3O. The third-order valence-corrected chi connectivity index (χ3v) is 6.07. The number of halogens is 1. The maximum atomic E-state index is 6.28. The average Bonchev–Trinajstić information content (AvgIpc) is 3.25. The van der Waals surface area contributed by atoms with Gasteiger partial charge in [-0.25, -0.2) is 15.0 Å². The summed E-state index contributed by atoms with van der Waals surface area (Å²) in [7, 11) is 0. The summed E-state index contributed by atoms with van der Waals surface area (Å²) in [5, 5.41) is 2.07. The number of furan rings is 1. The van der Waals surface area contributed by atoms with Crippen molar-refractivity contribution in [2.75, 3.05) is 0 Å². The van der Waals surface area contributed by atoms with Crippen LogP contribution in [0.1, 0.15) is 0 Å². The van der Waals surface area contributed by atoms with Crippen LogP contribution in [0.5, 0.6) is 0 Å². The van der Waals surface area contributed by atoms with E-state index in [4.69, 9.17) is 19.4 Å². The van der Waals surface area contributed by atoms with Gasteiger partial charge in [-0.2, -0.15) is 0 Å². The van der Waals surface area contributed by atoms with Gasteiger partial charge in [-0.15, -0.1) is 0 Å². The summed E-state index contributed by atoms with van der Waals surface area (Å²) in [6.07, 6.45) is 0. The van der Waals surface area contributed by atoms with Crippen molar-refractivity contribution >= 4 is 37.9 Å². The first-order valence-electron chi connectivity index (χ1n) is 10.2. The molecule has 6 rings (SSSR count). The lowest BCUT2D eigenvalue weighted by Crippen LogP contribution is -2.00. The van der Waals surface area contributed by atoms with Crippen molar-refractivity contribution in [3.05, 3.63) is 102 Å². The van der Waals surface area contributed by atoms with Gasteiger partial charge in [-0.1, -0.05) is 94.8 Å². The number of hydrogen-bond donors (Lipinski definition) is 0. The second-order valence-electron chi connectivity index (χ2n) is 7.44. The third kappa shape index (κ3) is 3.18. The van der Waals surface area contributed by atoms with Crippen LogP contribution in [0.2, 0.25) is 0 Å². The second kappa shape index (κ2) is 7.70. The maximum Gasteiger partial charge on any atom is 0.167 e. The molecule has 0 saturated carbocycles. The average molecular weight is 478 g/mol. The first-order valence-corrected chi connectivity index (χ1v) is 11.0. The summed E-state index contributed by atoms with van der Waals surface area (Å²) in [5.41, 5.74) is 4.30. The van der Waals surface area contributed by atoms with Gasteiger partial charge < -0.3 is 4.42 Å². The standard InChI is InChI=1S/C27H16BrN3O/c28-21-15-8-16-22-23(21)19-13-7-14-20(24(19)32-22)27-30-25(17-9-3-1-4-10-17)29-26(31-27)18-11-5-2-6-12-18/h1-16H. The van der Waals surface area contributed by atoms with Crippen molar-refractivity contribution in [3.63, 3.8) is 0 Å². The molecule has 4 nitrogen and oxygen atoms in total. The fraction of sp³-hybridized carbons (Fsp3) is 0. The van der Waals surface area contributed by atoms with E-state index in [1.54, 1.807) is 0 Å². The largest absolute Gasteiger partial charge is 0.455 e. The summed E-state index contributed by atoms with van der Waals surface area (Å²) < 4.78 is 7.28. The lowest BCUT2D eigenvalue weighted by atomic mass is 10.1. The van der Waals surface area contributed by atoms with Gasteiger partial charge in [0.25, 0.3) is 0 Å². The van der Waals surface area contributed by atoms with Gasteiger partial charge in [0.2, 0.25) is 0 Å². The van der Waals surface area contributed by atoms with Crippen LogP contribution >= 0.6 is 15.9 Å². The van der Waals surface area contributed by atoms with Gasteiger partial charge in [0, 0.05) is 26.4 Å². The van der Waals surface area contributed by atoms with Crippen molar-refractivity contribution in [2.24, 2.45) is 0 Å². The normalized spacial score (nSPS) is 11.3. The zero-order chi connectivity index (χ0) is 21.5. The molecule has 152 valence electrons. The minimum absolute atomic E-state index is 0.582. The smallest absolute Gasteiger partial charge is 0.167 e. The molecule has 0 N–H and O–H groups in total. The molecule has 0 aliphatic carbocycles. The van der Waals surface area contributed by atoms with Gasteiger partial charge in [0.05, 0.1) is 5.56 Å². The predicted molar refractivity (Wildman–Crippen MR) is 131 cm³/mol. The van der Waals surface area contributed by atoms with E-state index in [-0.39, 0.29) is 0 Å². The summed E-state index contributed by atoms with van der Waals surface area (Å²) >= 11 is 3.66. The Labute approximate surface area is 192 Å². The number of hydrogen-bond acceptors (Lipinski definition) is 4. The quantitative estimate of drug-likeness (QED) is 0.264. The van der Waals surface area contributed by atoms with Crippen LogP contribution in [-0.4, -0.2) is 15.0 Å². The zero-order valence-corrected chi connectivity index (χ0v) is 18.5. The van der Waals surface area contributed by atoms with Crippen molar-refractivity contribution in [3.8, 4) is 34.2 Å². The Balaban J connectivity index is 1.64. The van der Waals surface area contributed by atoms with E-state index < -0.39 is 0 Å². The van der Waals surface area contributed by atoms with Crippen LogP contribution < -0.4 is 0 Å². The first-order chi connectivity index (χ1) is 15.8. The number of para-hydroxylation sites is 1. The molecule has 4 aromatic carbocycles. The van der Waals surface area contributed by atoms with Crippen molar-refractivity contribution in [2.45, 2.75) is 0 Å². The van der Waals surface area contributed by atoms with E-state index in [2.05, 4.69) is 22.0 Å². The number of rotatable bonds is 3. The molecule has 0 aliphatic heterocycles. The molecule has 6 aromatic rings. The van der Waals surface area contributed by atoms with E-state index in [0.717, 1.165) is 43.1 Å². The Morgan fingerprint density at radius 2 is 1.16 bits per heavy atom. The van der Waals surface area contributed by atoms with Gasteiger partial charge >= 0.3 is 0 Å². The Bertz CT molecular complexity index is 1520. The lowest BCUT2D eigenvalue weighted by molar-refractivity contribution is 0.669. The Morgan fingerprint density at radius 3 is 1.81 bits per heavy atom. The second-order valence-corrected chi connectivity index (χ2v) is 8.29. The fourth-order valence-electron chi connectivity index (χ4n) is 3.91. The molecular weight excluding hydrogens is 462 g/mol. The van der Waals surface area contributed by atoms with Crippen LogP contribution in [0.3, 0.4) is 0 Å². The number of aromatic nitrogens is 3. The first kappa shape index (κ1) is 18.9. The molecule has 0 spiro atoms. The van der Waals surface area contributed by atoms with E-state index in [1.165, 1.54) is 0 Å². The topological polar surface area (TPSA) is 51.8 Å². The summed E-state index contributed by atoms with van der Waals surface area (Å²) in [6.45, 7) is 0. The van der Waals surface area contributed by atoms with Crippen molar-refractivity contribution < 1.29 is 4.42 Å². The molecule has 2 heterocycles. The Morgan fingerprint density at radius 1 is 0.562 bits per heavy atom. The Hall–Kier alpha value is -3.83. The monoisotopic (exact) mass is 477 g/mol. The van der Waals surface area contributed by atoms with Gasteiger partial charge in [0.15, 0.2) is 17.5 Å². The highest BCUT2D eigenvalue weighted by molar-refractivity contribution is 9.10. The van der Waals surface area contributed by atoms with Crippen LogP contribution in [0.4, 0.5) is 0 Å². The van der Waals surface area contributed by atoms with Gasteiger partial charge in [-0.05, 0) is 18.2 Å². The molecule has 0 saturated heterocycles. The highest BCUT2D eigenvalue weighted by Crippen LogP contribution is 2.38. The number of nitrogens with zero attached hydrogens (tertiary/aromatic N) is 3. The van der Waals surface area contributed by atoms with Crippen molar-refractivity contribution in [1.82, 2.24) is 15.0 Å². The molecule has 0 amide bonds. The molecule has 5 heteroatoms. The molecule has 0 atom stereocenters. The molecule has 0 unspecified atom stereocenters. The van der Waals surface area contributed by atoms with Gasteiger partial charge in [-0.3, -0.25) is 0 Å².